The maximum Gasteiger partial charge on any atom is 0.216 e. The van der Waals surface area contributed by atoms with E-state index in [-0.39, 0.29) is 0 Å². The van der Waals surface area contributed by atoms with E-state index in [4.69, 9.17) is 11.2 Å². The average molecular weight is 465 g/mol. The molecule has 1 N–H and O–H groups in total. The van der Waals surface area contributed by atoms with E-state index < -0.39 is 11.5 Å². The Balaban J connectivity index is 2.04. The quantitative estimate of drug-likeness (QED) is 0.337. The number of aliphatic hydroxyl groups is 1. The van der Waals surface area contributed by atoms with Gasteiger partial charge in [0.2, 0.25) is 5.88 Å². The van der Waals surface area contributed by atoms with E-state index in [9.17, 15) is 5.11 Å². The molecule has 1 aromatic heterocycles. The summed E-state index contributed by atoms with van der Waals surface area (Å²) < 4.78 is 5.74. The molecule has 0 aliphatic rings. The number of aromatic nitrogens is 1. The summed E-state index contributed by atoms with van der Waals surface area (Å²) in [4.78, 5) is 6.69. The van der Waals surface area contributed by atoms with Crippen LogP contribution in [0.1, 0.15) is 34.6 Å². The van der Waals surface area contributed by atoms with Gasteiger partial charge in [0.25, 0.3) is 0 Å². The van der Waals surface area contributed by atoms with E-state index in [0.717, 1.165) is 33.0 Å². The molecule has 0 amide bonds. The molecule has 1 heterocycles. The molecule has 4 aromatic rings. The molecule has 35 heavy (non-hydrogen) atoms. The van der Waals surface area contributed by atoms with Crippen molar-refractivity contribution in [2.75, 3.05) is 27.7 Å². The molecule has 0 fully saturated rings. The van der Waals surface area contributed by atoms with Gasteiger partial charge in [0.05, 0.1) is 7.11 Å². The largest absolute Gasteiger partial charge is 0.481 e. The predicted octanol–water partition coefficient (Wildman–Crippen LogP) is 5.39. The summed E-state index contributed by atoms with van der Waals surface area (Å²) in [6, 6.07) is 26.5. The van der Waals surface area contributed by atoms with Crippen molar-refractivity contribution in [1.29, 1.82) is 0 Å². The van der Waals surface area contributed by atoms with E-state index in [1.165, 1.54) is 0 Å². The molecule has 4 heteroatoms. The van der Waals surface area contributed by atoms with Crippen LogP contribution in [-0.2, 0) is 12.0 Å². The topological polar surface area (TPSA) is 45.6 Å². The fraction of sp³-hybridized carbons (Fsp3) is 0.258. The Bertz CT molecular complexity index is 1320. The monoisotopic (exact) mass is 464 g/mol. The molecule has 2 unspecified atom stereocenters. The number of pyridine rings is 1. The molecule has 4 rings (SSSR count). The van der Waals surface area contributed by atoms with Crippen LogP contribution in [0, 0.1) is 12.3 Å². The molecule has 2 atom stereocenters. The number of hydrogen-bond donors (Lipinski definition) is 1. The van der Waals surface area contributed by atoms with Crippen LogP contribution in [0.4, 0.5) is 0 Å². The minimum Gasteiger partial charge on any atom is -0.481 e. The van der Waals surface area contributed by atoms with Gasteiger partial charge in [0.15, 0.2) is 0 Å². The molecule has 0 saturated heterocycles. The number of terminal acetylenes is 1. The summed E-state index contributed by atoms with van der Waals surface area (Å²) in [5.74, 6) is 2.77. The van der Waals surface area contributed by atoms with Gasteiger partial charge < -0.3 is 14.7 Å². The van der Waals surface area contributed by atoms with Crippen molar-refractivity contribution in [1.82, 2.24) is 9.88 Å². The Morgan fingerprint density at radius 3 is 2.46 bits per heavy atom. The van der Waals surface area contributed by atoms with Crippen molar-refractivity contribution in [3.05, 3.63) is 107 Å². The summed E-state index contributed by atoms with van der Waals surface area (Å²) in [7, 11) is 5.67. The summed E-state index contributed by atoms with van der Waals surface area (Å²) >= 11 is 0. The second kappa shape index (κ2) is 10.7. The fourth-order valence-electron chi connectivity index (χ4n) is 4.90. The maximum atomic E-state index is 12.9. The van der Waals surface area contributed by atoms with E-state index >= 15 is 0 Å². The highest BCUT2D eigenvalue weighted by Gasteiger charge is 2.43. The first-order chi connectivity index (χ1) is 17.0. The van der Waals surface area contributed by atoms with Gasteiger partial charge in [-0.3, -0.25) is 0 Å². The lowest BCUT2D eigenvalue weighted by Gasteiger charge is -2.39. The Kier molecular flexibility index (Phi) is 7.51. The van der Waals surface area contributed by atoms with Crippen molar-refractivity contribution in [2.24, 2.45) is 0 Å². The van der Waals surface area contributed by atoms with Crippen LogP contribution in [0.15, 0.2) is 85.1 Å². The Labute approximate surface area is 208 Å². The predicted molar refractivity (Wildman–Crippen MR) is 143 cm³/mol. The molecule has 0 spiro atoms. The third kappa shape index (κ3) is 5.07. The number of ether oxygens (including phenoxy) is 1. The minimum absolute atomic E-state index is 0.436. The van der Waals surface area contributed by atoms with Gasteiger partial charge in [0, 0.05) is 30.6 Å². The number of methoxy groups -OCH3 is 1. The van der Waals surface area contributed by atoms with E-state index in [1.807, 2.05) is 62.6 Å². The zero-order chi connectivity index (χ0) is 24.8. The molecular formula is C31H32N2O2. The van der Waals surface area contributed by atoms with Crippen molar-refractivity contribution in [2.45, 2.75) is 24.4 Å². The fourth-order valence-corrected chi connectivity index (χ4v) is 4.90. The summed E-state index contributed by atoms with van der Waals surface area (Å²) in [6.07, 6.45) is 8.34. The first-order valence-electron chi connectivity index (χ1n) is 11.8. The molecular weight excluding hydrogens is 432 g/mol. The number of benzene rings is 3. The number of fused-ring (bicyclic) bond motifs is 1. The molecule has 4 nitrogen and oxygen atoms in total. The van der Waals surface area contributed by atoms with E-state index in [1.54, 1.807) is 13.3 Å². The molecule has 0 radical (unpaired) electrons. The van der Waals surface area contributed by atoms with Crippen molar-refractivity contribution < 1.29 is 9.84 Å². The van der Waals surface area contributed by atoms with Crippen LogP contribution in [0.3, 0.4) is 0 Å². The van der Waals surface area contributed by atoms with Gasteiger partial charge in [-0.25, -0.2) is 4.98 Å². The van der Waals surface area contributed by atoms with Crippen LogP contribution >= 0.6 is 0 Å². The Hall–Kier alpha value is -3.65. The smallest absolute Gasteiger partial charge is 0.216 e. The molecule has 0 saturated carbocycles. The number of nitrogens with zero attached hydrogens (tertiary/aromatic N) is 2. The van der Waals surface area contributed by atoms with Gasteiger partial charge in [-0.1, -0.05) is 72.8 Å². The van der Waals surface area contributed by atoms with E-state index in [0.29, 0.717) is 25.3 Å². The Morgan fingerprint density at radius 1 is 1.03 bits per heavy atom. The molecule has 0 aliphatic carbocycles. The van der Waals surface area contributed by atoms with Crippen LogP contribution in [0.5, 0.6) is 5.88 Å². The van der Waals surface area contributed by atoms with Crippen molar-refractivity contribution >= 4 is 10.8 Å². The summed E-state index contributed by atoms with van der Waals surface area (Å²) in [5.41, 5.74) is 2.35. The number of rotatable bonds is 9. The lowest BCUT2D eigenvalue weighted by Crippen LogP contribution is -2.38. The number of hydrogen-bond acceptors (Lipinski definition) is 4. The van der Waals surface area contributed by atoms with Crippen molar-refractivity contribution in [3.63, 3.8) is 0 Å². The summed E-state index contributed by atoms with van der Waals surface area (Å²) in [6.45, 7) is 0.697. The van der Waals surface area contributed by atoms with Gasteiger partial charge in [-0.15, -0.1) is 12.3 Å². The lowest BCUT2D eigenvalue weighted by molar-refractivity contribution is 0.00514. The van der Waals surface area contributed by atoms with Crippen LogP contribution in [0.2, 0.25) is 0 Å². The van der Waals surface area contributed by atoms with Gasteiger partial charge in [0.1, 0.15) is 5.60 Å². The Morgan fingerprint density at radius 2 is 1.74 bits per heavy atom. The highest BCUT2D eigenvalue weighted by atomic mass is 16.5. The highest BCUT2D eigenvalue weighted by molar-refractivity contribution is 5.86. The highest BCUT2D eigenvalue weighted by Crippen LogP contribution is 2.48. The third-order valence-corrected chi connectivity index (χ3v) is 6.55. The SMILES string of the molecule is C#CCc1cnc(OC)c(C(c2ccccc2)C(O)(CCN(C)C)c2cccc3ccccc23)c1. The lowest BCUT2D eigenvalue weighted by atomic mass is 9.70. The van der Waals surface area contributed by atoms with Gasteiger partial charge in [-0.05, 0) is 54.0 Å². The molecule has 0 aliphatic heterocycles. The normalized spacial score (nSPS) is 13.8. The van der Waals surface area contributed by atoms with Crippen LogP contribution < -0.4 is 4.74 Å². The van der Waals surface area contributed by atoms with Crippen LogP contribution in [-0.4, -0.2) is 42.7 Å². The standard InChI is InChI=1S/C31H32N2O2/c1-5-12-23-21-27(30(35-4)32-22-23)29(25-14-7-6-8-15-25)31(34,19-20-33(2)3)28-18-11-16-24-13-9-10-17-26(24)28/h1,6-11,13-18,21-22,29,34H,12,19-20H2,2-4H3. The first kappa shape index (κ1) is 24.5. The second-order valence-electron chi connectivity index (χ2n) is 9.17. The first-order valence-corrected chi connectivity index (χ1v) is 11.8. The molecule has 178 valence electrons. The summed E-state index contributed by atoms with van der Waals surface area (Å²) in [5, 5.41) is 15.0. The zero-order valence-electron chi connectivity index (χ0n) is 20.6. The van der Waals surface area contributed by atoms with Crippen molar-refractivity contribution in [3.8, 4) is 18.2 Å². The van der Waals surface area contributed by atoms with Gasteiger partial charge >= 0.3 is 0 Å². The molecule has 0 bridgehead atoms. The minimum atomic E-state index is -1.25. The van der Waals surface area contributed by atoms with Crippen LogP contribution in [0.25, 0.3) is 10.8 Å². The van der Waals surface area contributed by atoms with Gasteiger partial charge in [-0.2, -0.15) is 0 Å². The second-order valence-corrected chi connectivity index (χ2v) is 9.17. The maximum absolute atomic E-state index is 12.9. The zero-order valence-corrected chi connectivity index (χ0v) is 20.6. The van der Waals surface area contributed by atoms with E-state index in [2.05, 4.69) is 46.1 Å². The molecule has 3 aromatic carbocycles. The average Bonchev–Trinajstić information content (AvgIpc) is 2.88. The third-order valence-electron chi connectivity index (χ3n) is 6.55.